The molecular formula is C16H17ClN4O3. The largest absolute Gasteiger partial charge is 0.290 e. The molecule has 1 aromatic carbocycles. The van der Waals surface area contributed by atoms with Gasteiger partial charge >= 0.3 is 0 Å². The first kappa shape index (κ1) is 17.7. The van der Waals surface area contributed by atoms with E-state index >= 15 is 0 Å². The molecule has 24 heavy (non-hydrogen) atoms. The van der Waals surface area contributed by atoms with Crippen LogP contribution < -0.4 is 16.4 Å². The molecule has 0 fully saturated rings. The van der Waals surface area contributed by atoms with E-state index in [4.69, 9.17) is 11.6 Å². The Bertz CT molecular complexity index is 787. The van der Waals surface area contributed by atoms with E-state index in [2.05, 4.69) is 16.0 Å². The van der Waals surface area contributed by atoms with Gasteiger partial charge in [0, 0.05) is 23.2 Å². The van der Waals surface area contributed by atoms with Crippen LogP contribution in [0.2, 0.25) is 5.02 Å². The van der Waals surface area contributed by atoms with Crippen molar-refractivity contribution in [3.05, 3.63) is 63.0 Å². The highest BCUT2D eigenvalue weighted by atomic mass is 35.5. The summed E-state index contributed by atoms with van der Waals surface area (Å²) in [6.45, 7) is 2.43. The molecule has 0 saturated carbocycles. The second-order valence-corrected chi connectivity index (χ2v) is 5.49. The molecule has 0 spiro atoms. The van der Waals surface area contributed by atoms with Crippen molar-refractivity contribution >= 4 is 23.4 Å². The summed E-state index contributed by atoms with van der Waals surface area (Å²) in [6.07, 6.45) is 1.69. The minimum Gasteiger partial charge on any atom is -0.268 e. The van der Waals surface area contributed by atoms with Crippen LogP contribution in [0.5, 0.6) is 0 Å². The summed E-state index contributed by atoms with van der Waals surface area (Å²) in [5.41, 5.74) is 4.67. The number of carbonyl (C=O) groups is 2. The number of benzene rings is 1. The van der Waals surface area contributed by atoms with Crippen LogP contribution in [0, 0.1) is 0 Å². The molecule has 0 aliphatic rings. The van der Waals surface area contributed by atoms with Crippen LogP contribution in [0.25, 0.3) is 0 Å². The summed E-state index contributed by atoms with van der Waals surface area (Å²) in [4.78, 5) is 35.6. The molecule has 126 valence electrons. The van der Waals surface area contributed by atoms with Crippen molar-refractivity contribution in [1.29, 1.82) is 0 Å². The smallest absolute Gasteiger partial charge is 0.268 e. The molecule has 7 nitrogen and oxygen atoms in total. The number of hydrogen-bond donors (Lipinski definition) is 2. The zero-order valence-electron chi connectivity index (χ0n) is 13.1. The highest BCUT2D eigenvalue weighted by molar-refractivity contribution is 6.30. The summed E-state index contributed by atoms with van der Waals surface area (Å²) in [7, 11) is 0. The van der Waals surface area contributed by atoms with Crippen LogP contribution >= 0.6 is 11.6 Å². The fraction of sp³-hybridized carbons (Fsp3) is 0.250. The Morgan fingerprint density at radius 1 is 1.08 bits per heavy atom. The second-order valence-electron chi connectivity index (χ2n) is 5.05. The Hall–Kier alpha value is -2.67. The SMILES string of the molecule is CCCCn1nc(C(=O)NNC(=O)c2ccc(Cl)cc2)ccc1=O. The average Bonchev–Trinajstić information content (AvgIpc) is 2.59. The van der Waals surface area contributed by atoms with Gasteiger partial charge in [-0.25, -0.2) is 4.68 Å². The van der Waals surface area contributed by atoms with Crippen molar-refractivity contribution in [3.8, 4) is 0 Å². The van der Waals surface area contributed by atoms with E-state index in [1.165, 1.54) is 28.9 Å². The highest BCUT2D eigenvalue weighted by Gasteiger charge is 2.11. The molecule has 1 heterocycles. The maximum atomic E-state index is 12.0. The van der Waals surface area contributed by atoms with Gasteiger partial charge in [-0.15, -0.1) is 0 Å². The van der Waals surface area contributed by atoms with Crippen LogP contribution in [0.3, 0.4) is 0 Å². The average molecular weight is 349 g/mol. The van der Waals surface area contributed by atoms with E-state index in [-0.39, 0.29) is 11.3 Å². The number of rotatable bonds is 5. The summed E-state index contributed by atoms with van der Waals surface area (Å²) < 4.78 is 1.24. The van der Waals surface area contributed by atoms with Gasteiger partial charge in [0.1, 0.15) is 0 Å². The van der Waals surface area contributed by atoms with Crippen molar-refractivity contribution in [2.24, 2.45) is 0 Å². The molecule has 0 unspecified atom stereocenters. The van der Waals surface area contributed by atoms with Crippen LogP contribution in [0.15, 0.2) is 41.2 Å². The van der Waals surface area contributed by atoms with E-state index in [1.807, 2.05) is 6.92 Å². The number of amides is 2. The predicted molar refractivity (Wildman–Crippen MR) is 89.8 cm³/mol. The minimum atomic E-state index is -0.609. The number of hydrazine groups is 1. The van der Waals surface area contributed by atoms with E-state index in [9.17, 15) is 14.4 Å². The van der Waals surface area contributed by atoms with Gasteiger partial charge in [-0.2, -0.15) is 5.10 Å². The first-order chi connectivity index (χ1) is 11.5. The van der Waals surface area contributed by atoms with Crippen molar-refractivity contribution in [3.63, 3.8) is 0 Å². The summed E-state index contributed by atoms with van der Waals surface area (Å²) in [6, 6.07) is 8.81. The Morgan fingerprint density at radius 2 is 1.75 bits per heavy atom. The van der Waals surface area contributed by atoms with Gasteiger partial charge in [0.05, 0.1) is 0 Å². The van der Waals surface area contributed by atoms with Gasteiger partial charge in [0.25, 0.3) is 17.4 Å². The van der Waals surface area contributed by atoms with Crippen molar-refractivity contribution in [2.45, 2.75) is 26.3 Å². The minimum absolute atomic E-state index is 0.0436. The lowest BCUT2D eigenvalue weighted by molar-refractivity contribution is 0.0842. The zero-order chi connectivity index (χ0) is 17.5. The topological polar surface area (TPSA) is 93.1 Å². The molecule has 2 amide bonds. The number of aryl methyl sites for hydroxylation is 1. The molecule has 1 aromatic heterocycles. The molecule has 0 saturated heterocycles. The summed E-state index contributed by atoms with van der Waals surface area (Å²) in [5.74, 6) is -1.10. The van der Waals surface area contributed by atoms with Gasteiger partial charge in [-0.3, -0.25) is 25.2 Å². The molecular weight excluding hydrogens is 332 g/mol. The second kappa shape index (κ2) is 8.26. The molecule has 0 aliphatic heterocycles. The quantitative estimate of drug-likeness (QED) is 0.805. The van der Waals surface area contributed by atoms with E-state index in [1.54, 1.807) is 12.1 Å². The monoisotopic (exact) mass is 348 g/mol. The third-order valence-corrected chi connectivity index (χ3v) is 3.47. The number of unbranched alkanes of at least 4 members (excludes halogenated alkanes) is 1. The summed E-state index contributed by atoms with van der Waals surface area (Å²) >= 11 is 5.75. The Balaban J connectivity index is 2.00. The molecule has 0 radical (unpaired) electrons. The lowest BCUT2D eigenvalue weighted by atomic mass is 10.2. The van der Waals surface area contributed by atoms with Crippen LogP contribution in [-0.2, 0) is 6.54 Å². The highest BCUT2D eigenvalue weighted by Crippen LogP contribution is 2.09. The molecule has 2 rings (SSSR count). The first-order valence-electron chi connectivity index (χ1n) is 7.45. The normalized spacial score (nSPS) is 10.2. The van der Waals surface area contributed by atoms with Crippen LogP contribution in [0.1, 0.15) is 40.6 Å². The fourth-order valence-electron chi connectivity index (χ4n) is 1.89. The number of nitrogens with one attached hydrogen (secondary N) is 2. The van der Waals surface area contributed by atoms with E-state index in [0.29, 0.717) is 17.1 Å². The van der Waals surface area contributed by atoms with Crippen LogP contribution in [0.4, 0.5) is 0 Å². The molecule has 0 aliphatic carbocycles. The molecule has 0 atom stereocenters. The first-order valence-corrected chi connectivity index (χ1v) is 7.83. The van der Waals surface area contributed by atoms with Crippen LogP contribution in [-0.4, -0.2) is 21.6 Å². The standard InChI is InChI=1S/C16H17ClN4O3/c1-2-3-10-21-14(22)9-8-13(20-21)16(24)19-18-15(23)11-4-6-12(17)7-5-11/h4-9H,2-3,10H2,1H3,(H,18,23)(H,19,24). The lowest BCUT2D eigenvalue weighted by Gasteiger charge is -2.08. The zero-order valence-corrected chi connectivity index (χ0v) is 13.8. The predicted octanol–water partition coefficient (Wildman–Crippen LogP) is 1.77. The van der Waals surface area contributed by atoms with Gasteiger partial charge in [0.15, 0.2) is 5.69 Å². The molecule has 8 heteroatoms. The Kier molecular flexibility index (Phi) is 6.08. The lowest BCUT2D eigenvalue weighted by Crippen LogP contribution is -2.42. The summed E-state index contributed by atoms with van der Waals surface area (Å²) in [5, 5.41) is 4.50. The number of nitrogens with zero attached hydrogens (tertiary/aromatic N) is 2. The Labute approximate surface area is 143 Å². The van der Waals surface area contributed by atoms with Crippen molar-refractivity contribution < 1.29 is 9.59 Å². The number of carbonyl (C=O) groups excluding carboxylic acids is 2. The van der Waals surface area contributed by atoms with Gasteiger partial charge < -0.3 is 0 Å². The maximum absolute atomic E-state index is 12.0. The van der Waals surface area contributed by atoms with Gasteiger partial charge in [-0.05, 0) is 36.8 Å². The number of aromatic nitrogens is 2. The van der Waals surface area contributed by atoms with Crippen molar-refractivity contribution in [2.75, 3.05) is 0 Å². The molecule has 2 aromatic rings. The number of halogens is 1. The van der Waals surface area contributed by atoms with Gasteiger partial charge in [0.2, 0.25) is 0 Å². The molecule has 0 bridgehead atoms. The third-order valence-electron chi connectivity index (χ3n) is 3.22. The van der Waals surface area contributed by atoms with E-state index < -0.39 is 11.8 Å². The number of hydrogen-bond acceptors (Lipinski definition) is 4. The maximum Gasteiger partial charge on any atom is 0.290 e. The van der Waals surface area contributed by atoms with Gasteiger partial charge in [-0.1, -0.05) is 24.9 Å². The fourth-order valence-corrected chi connectivity index (χ4v) is 2.02. The van der Waals surface area contributed by atoms with E-state index in [0.717, 1.165) is 12.8 Å². The third kappa shape index (κ3) is 4.66. The molecule has 2 N–H and O–H groups in total. The Morgan fingerprint density at radius 3 is 2.42 bits per heavy atom. The van der Waals surface area contributed by atoms with Crippen molar-refractivity contribution in [1.82, 2.24) is 20.6 Å².